The van der Waals surface area contributed by atoms with Gasteiger partial charge in [0.15, 0.2) is 0 Å². The average molecular weight is 343 g/mol. The third kappa shape index (κ3) is 4.57. The van der Waals surface area contributed by atoms with Gasteiger partial charge in [-0.15, -0.1) is 10.2 Å². The summed E-state index contributed by atoms with van der Waals surface area (Å²) in [4.78, 5) is 16.4. The highest BCUT2D eigenvalue weighted by Gasteiger charge is 2.24. The van der Waals surface area contributed by atoms with E-state index in [1.54, 1.807) is 0 Å². The van der Waals surface area contributed by atoms with Crippen LogP contribution in [0.1, 0.15) is 18.7 Å². The Labute approximate surface area is 148 Å². The van der Waals surface area contributed by atoms with Crippen molar-refractivity contribution >= 4 is 6.03 Å². The number of nitrogens with one attached hydrogen (secondary N) is 1. The van der Waals surface area contributed by atoms with E-state index in [1.165, 1.54) is 0 Å². The van der Waals surface area contributed by atoms with Crippen LogP contribution in [0.3, 0.4) is 0 Å². The van der Waals surface area contributed by atoms with Crippen LogP contribution in [0.4, 0.5) is 4.79 Å². The molecule has 0 saturated carbocycles. The number of hydrogen-bond acceptors (Lipinski definition) is 5. The number of hydrogen-bond donors (Lipinski definition) is 1. The fraction of sp³-hybridized carbons (Fsp3) is 0.500. The Balaban J connectivity index is 1.47. The second-order valence-electron chi connectivity index (χ2n) is 6.55. The number of nitrogens with zero attached hydrogens (tertiary/aromatic N) is 4. The van der Waals surface area contributed by atoms with E-state index in [2.05, 4.69) is 34.5 Å². The van der Waals surface area contributed by atoms with E-state index in [9.17, 15) is 4.79 Å². The van der Waals surface area contributed by atoms with Crippen LogP contribution in [0, 0.1) is 0 Å². The summed E-state index contributed by atoms with van der Waals surface area (Å²) in [6, 6.07) is 10.1. The van der Waals surface area contributed by atoms with Gasteiger partial charge in [0.25, 0.3) is 0 Å². The van der Waals surface area contributed by atoms with Gasteiger partial charge in [-0.05, 0) is 39.1 Å². The molecule has 0 spiro atoms. The molecule has 7 nitrogen and oxygen atoms in total. The molecule has 0 bridgehead atoms. The largest absolute Gasteiger partial charge is 0.421 e. The van der Waals surface area contributed by atoms with Crippen LogP contribution in [0.5, 0.6) is 0 Å². The number of urea groups is 1. The lowest BCUT2D eigenvalue weighted by Crippen LogP contribution is -2.51. The molecule has 2 heterocycles. The molecule has 7 heteroatoms. The number of benzene rings is 1. The molecule has 2 aromatic rings. The lowest BCUT2D eigenvalue weighted by atomic mass is 10.1. The average Bonchev–Trinajstić information content (AvgIpc) is 3.11. The van der Waals surface area contributed by atoms with Gasteiger partial charge in [0.2, 0.25) is 11.8 Å². The van der Waals surface area contributed by atoms with Crippen LogP contribution >= 0.6 is 0 Å². The molecule has 1 N–H and O–H groups in total. The van der Waals surface area contributed by atoms with E-state index in [1.807, 2.05) is 35.2 Å². The summed E-state index contributed by atoms with van der Waals surface area (Å²) in [5, 5.41) is 11.1. The SMILES string of the molecule is CN(C)[C@@H]1CCCN(C(=O)NCCc2nnc(-c3ccccc3)o2)C1. The Kier molecular flexibility index (Phi) is 5.65. The van der Waals surface area contributed by atoms with Gasteiger partial charge in [-0.25, -0.2) is 4.79 Å². The lowest BCUT2D eigenvalue weighted by Gasteiger charge is -2.36. The minimum atomic E-state index is -0.0191. The summed E-state index contributed by atoms with van der Waals surface area (Å²) >= 11 is 0. The van der Waals surface area contributed by atoms with Crippen molar-refractivity contribution in [2.75, 3.05) is 33.7 Å². The third-order valence-electron chi connectivity index (χ3n) is 4.52. The molecule has 1 saturated heterocycles. The van der Waals surface area contributed by atoms with Crippen molar-refractivity contribution in [3.05, 3.63) is 36.2 Å². The Morgan fingerprint density at radius 3 is 2.88 bits per heavy atom. The normalized spacial score (nSPS) is 17.7. The van der Waals surface area contributed by atoms with Gasteiger partial charge in [-0.3, -0.25) is 0 Å². The summed E-state index contributed by atoms with van der Waals surface area (Å²) in [5.74, 6) is 1.04. The maximum absolute atomic E-state index is 12.3. The van der Waals surface area contributed by atoms with Crippen LogP contribution in [0.25, 0.3) is 11.5 Å². The van der Waals surface area contributed by atoms with E-state index in [0.29, 0.717) is 30.8 Å². The van der Waals surface area contributed by atoms with Crippen LogP contribution in [-0.4, -0.2) is 65.8 Å². The number of likely N-dealkylation sites (tertiary alicyclic amines) is 1. The second-order valence-corrected chi connectivity index (χ2v) is 6.55. The van der Waals surface area contributed by atoms with Crippen molar-refractivity contribution < 1.29 is 9.21 Å². The number of carbonyl (C=O) groups is 1. The number of likely N-dealkylation sites (N-methyl/N-ethyl adjacent to an activating group) is 1. The highest BCUT2D eigenvalue weighted by Crippen LogP contribution is 2.17. The van der Waals surface area contributed by atoms with Gasteiger partial charge in [0.05, 0.1) is 0 Å². The topological polar surface area (TPSA) is 74.5 Å². The van der Waals surface area contributed by atoms with E-state index in [0.717, 1.165) is 31.5 Å². The zero-order chi connectivity index (χ0) is 17.6. The molecule has 2 amide bonds. The molecule has 1 aliphatic heterocycles. The maximum Gasteiger partial charge on any atom is 0.317 e. The first-order chi connectivity index (χ1) is 12.1. The van der Waals surface area contributed by atoms with Gasteiger partial charge in [0, 0.05) is 37.7 Å². The Morgan fingerprint density at radius 2 is 2.12 bits per heavy atom. The molecule has 1 aromatic carbocycles. The molecule has 1 fully saturated rings. The minimum absolute atomic E-state index is 0.0191. The van der Waals surface area contributed by atoms with Crippen molar-refractivity contribution in [2.45, 2.75) is 25.3 Å². The molecule has 1 atom stereocenters. The number of rotatable bonds is 5. The van der Waals surface area contributed by atoms with Gasteiger partial charge in [0.1, 0.15) is 0 Å². The van der Waals surface area contributed by atoms with Gasteiger partial charge >= 0.3 is 6.03 Å². The number of piperidine rings is 1. The summed E-state index contributed by atoms with van der Waals surface area (Å²) in [6.07, 6.45) is 2.71. The van der Waals surface area contributed by atoms with E-state index >= 15 is 0 Å². The zero-order valence-corrected chi connectivity index (χ0v) is 14.8. The first-order valence-corrected chi connectivity index (χ1v) is 8.70. The highest BCUT2D eigenvalue weighted by molar-refractivity contribution is 5.74. The summed E-state index contributed by atoms with van der Waals surface area (Å²) in [5.41, 5.74) is 0.897. The first kappa shape index (κ1) is 17.4. The van der Waals surface area contributed by atoms with Crippen molar-refractivity contribution in [2.24, 2.45) is 0 Å². The van der Waals surface area contributed by atoms with Crippen molar-refractivity contribution in [1.29, 1.82) is 0 Å². The molecule has 0 radical (unpaired) electrons. The Morgan fingerprint density at radius 1 is 1.32 bits per heavy atom. The smallest absolute Gasteiger partial charge is 0.317 e. The second kappa shape index (κ2) is 8.11. The van der Waals surface area contributed by atoms with Crippen LogP contribution in [0.2, 0.25) is 0 Å². The monoisotopic (exact) mass is 343 g/mol. The Bertz CT molecular complexity index is 686. The molecule has 3 rings (SSSR count). The molecule has 1 aromatic heterocycles. The molecule has 134 valence electrons. The summed E-state index contributed by atoms with van der Waals surface area (Å²) in [7, 11) is 4.12. The molecule has 0 unspecified atom stereocenters. The van der Waals surface area contributed by atoms with E-state index < -0.39 is 0 Å². The molecular formula is C18H25N5O2. The predicted octanol–water partition coefficient (Wildman–Crippen LogP) is 2.01. The van der Waals surface area contributed by atoms with Gasteiger partial charge in [-0.1, -0.05) is 18.2 Å². The quantitative estimate of drug-likeness (QED) is 0.899. The van der Waals surface area contributed by atoms with Crippen LogP contribution in [0.15, 0.2) is 34.7 Å². The highest BCUT2D eigenvalue weighted by atomic mass is 16.4. The van der Waals surface area contributed by atoms with E-state index in [4.69, 9.17) is 4.42 Å². The molecule has 0 aliphatic carbocycles. The maximum atomic E-state index is 12.3. The zero-order valence-electron chi connectivity index (χ0n) is 14.8. The standard InChI is InChI=1S/C18H25N5O2/c1-22(2)15-9-6-12-23(13-15)18(24)19-11-10-16-20-21-17(25-16)14-7-4-3-5-8-14/h3-5,7-8,15H,6,9-13H2,1-2H3,(H,19,24)/t15-/m1/s1. The lowest BCUT2D eigenvalue weighted by molar-refractivity contribution is 0.140. The minimum Gasteiger partial charge on any atom is -0.421 e. The molecular weight excluding hydrogens is 318 g/mol. The third-order valence-corrected chi connectivity index (χ3v) is 4.52. The van der Waals surface area contributed by atoms with Crippen LogP contribution < -0.4 is 5.32 Å². The number of aromatic nitrogens is 2. The molecule has 1 aliphatic rings. The number of carbonyl (C=O) groups excluding carboxylic acids is 1. The first-order valence-electron chi connectivity index (χ1n) is 8.70. The predicted molar refractivity (Wildman–Crippen MR) is 95.1 cm³/mol. The van der Waals surface area contributed by atoms with Crippen molar-refractivity contribution in [3.8, 4) is 11.5 Å². The fourth-order valence-corrected chi connectivity index (χ4v) is 3.00. The Hall–Kier alpha value is -2.41. The van der Waals surface area contributed by atoms with Crippen LogP contribution in [-0.2, 0) is 6.42 Å². The fourth-order valence-electron chi connectivity index (χ4n) is 3.00. The molecule has 25 heavy (non-hydrogen) atoms. The van der Waals surface area contributed by atoms with Gasteiger partial charge < -0.3 is 19.5 Å². The van der Waals surface area contributed by atoms with Gasteiger partial charge in [-0.2, -0.15) is 0 Å². The van der Waals surface area contributed by atoms with E-state index in [-0.39, 0.29) is 6.03 Å². The van der Waals surface area contributed by atoms with Crippen molar-refractivity contribution in [3.63, 3.8) is 0 Å². The van der Waals surface area contributed by atoms with Crippen molar-refractivity contribution in [1.82, 2.24) is 25.3 Å². The number of amides is 2. The summed E-state index contributed by atoms with van der Waals surface area (Å²) in [6.45, 7) is 2.07. The summed E-state index contributed by atoms with van der Waals surface area (Å²) < 4.78 is 5.65.